The Bertz CT molecular complexity index is 627. The number of hydrogen-bond acceptors (Lipinski definition) is 4. The summed E-state index contributed by atoms with van der Waals surface area (Å²) in [4.78, 5) is 16.7. The van der Waals surface area contributed by atoms with Crippen molar-refractivity contribution in [1.29, 1.82) is 0 Å². The number of fused-ring (bicyclic) bond motifs is 1. The smallest absolute Gasteiger partial charge is 0.230 e. The van der Waals surface area contributed by atoms with Gasteiger partial charge in [0.25, 0.3) is 0 Å². The Balaban J connectivity index is 1.80. The lowest BCUT2D eigenvalue weighted by Gasteiger charge is -2.34. The molecule has 106 valence electrons. The van der Waals surface area contributed by atoms with Crippen molar-refractivity contribution in [2.75, 3.05) is 5.32 Å². The zero-order chi connectivity index (χ0) is 14.2. The quantitative estimate of drug-likeness (QED) is 0.777. The van der Waals surface area contributed by atoms with Crippen LogP contribution < -0.4 is 11.1 Å². The SMILES string of the molecule is CC1(C(=O)Nc2ccnc3[nH]ncc23)CCC(N)CC1. The van der Waals surface area contributed by atoms with Gasteiger partial charge in [-0.05, 0) is 31.7 Å². The second-order valence-corrected chi connectivity index (χ2v) is 5.84. The molecule has 0 aromatic carbocycles. The molecule has 1 aliphatic rings. The van der Waals surface area contributed by atoms with Crippen molar-refractivity contribution in [2.24, 2.45) is 11.1 Å². The average Bonchev–Trinajstić information content (AvgIpc) is 2.92. The van der Waals surface area contributed by atoms with Crippen molar-refractivity contribution >= 4 is 22.6 Å². The van der Waals surface area contributed by atoms with E-state index in [2.05, 4.69) is 20.5 Å². The van der Waals surface area contributed by atoms with E-state index >= 15 is 0 Å². The summed E-state index contributed by atoms with van der Waals surface area (Å²) in [6, 6.07) is 2.03. The molecular weight excluding hydrogens is 254 g/mol. The molecule has 0 radical (unpaired) electrons. The predicted octanol–water partition coefficient (Wildman–Crippen LogP) is 1.80. The van der Waals surface area contributed by atoms with Crippen LogP contribution in [0.25, 0.3) is 11.0 Å². The van der Waals surface area contributed by atoms with Gasteiger partial charge in [0, 0.05) is 17.7 Å². The third-order valence-corrected chi connectivity index (χ3v) is 4.28. The fourth-order valence-corrected chi connectivity index (χ4v) is 2.74. The monoisotopic (exact) mass is 273 g/mol. The molecular formula is C14H19N5O. The predicted molar refractivity (Wildman–Crippen MR) is 77.1 cm³/mol. The normalized spacial score (nSPS) is 26.6. The number of nitrogens with one attached hydrogen (secondary N) is 2. The number of H-pyrrole nitrogens is 1. The van der Waals surface area contributed by atoms with Crippen LogP contribution in [-0.4, -0.2) is 27.1 Å². The molecule has 2 heterocycles. The van der Waals surface area contributed by atoms with Crippen LogP contribution in [0.4, 0.5) is 5.69 Å². The molecule has 4 N–H and O–H groups in total. The van der Waals surface area contributed by atoms with E-state index in [9.17, 15) is 4.79 Å². The van der Waals surface area contributed by atoms with Crippen LogP contribution in [0, 0.1) is 5.41 Å². The number of nitrogens with two attached hydrogens (primary N) is 1. The Morgan fingerprint density at radius 1 is 1.50 bits per heavy atom. The summed E-state index contributed by atoms with van der Waals surface area (Å²) in [5, 5.41) is 10.6. The number of hydrogen-bond donors (Lipinski definition) is 3. The van der Waals surface area contributed by atoms with Gasteiger partial charge >= 0.3 is 0 Å². The third-order valence-electron chi connectivity index (χ3n) is 4.28. The lowest BCUT2D eigenvalue weighted by atomic mass is 9.73. The average molecular weight is 273 g/mol. The molecule has 0 bridgehead atoms. The Hall–Kier alpha value is -1.95. The van der Waals surface area contributed by atoms with Crippen LogP contribution in [0.15, 0.2) is 18.5 Å². The van der Waals surface area contributed by atoms with Crippen molar-refractivity contribution in [3.63, 3.8) is 0 Å². The van der Waals surface area contributed by atoms with Crippen molar-refractivity contribution < 1.29 is 4.79 Å². The Morgan fingerprint density at radius 2 is 2.25 bits per heavy atom. The molecule has 2 aromatic heterocycles. The molecule has 0 unspecified atom stereocenters. The first-order chi connectivity index (χ1) is 9.58. The number of carbonyl (C=O) groups is 1. The standard InChI is InChI=1S/C14H19N5O/c1-14(5-2-9(15)3-6-14)13(20)18-11-4-7-16-12-10(11)8-17-19-12/h4,7-9H,2-3,5-6,15H2,1H3,(H2,16,17,18,19,20). The third kappa shape index (κ3) is 2.27. The van der Waals surface area contributed by atoms with E-state index in [0.717, 1.165) is 36.8 Å². The molecule has 1 fully saturated rings. The lowest BCUT2D eigenvalue weighted by molar-refractivity contribution is -0.126. The number of aromatic nitrogens is 3. The van der Waals surface area contributed by atoms with Crippen LogP contribution in [0.2, 0.25) is 0 Å². The summed E-state index contributed by atoms with van der Waals surface area (Å²) < 4.78 is 0. The first-order valence-corrected chi connectivity index (χ1v) is 6.94. The molecule has 1 aliphatic carbocycles. The number of anilines is 1. The minimum absolute atomic E-state index is 0.0538. The number of pyridine rings is 1. The van der Waals surface area contributed by atoms with Crippen LogP contribution in [0.1, 0.15) is 32.6 Å². The molecule has 20 heavy (non-hydrogen) atoms. The maximum absolute atomic E-state index is 12.6. The molecule has 1 saturated carbocycles. The minimum atomic E-state index is -0.338. The maximum Gasteiger partial charge on any atom is 0.230 e. The fourth-order valence-electron chi connectivity index (χ4n) is 2.74. The van der Waals surface area contributed by atoms with Gasteiger partial charge < -0.3 is 11.1 Å². The Morgan fingerprint density at radius 3 is 3.00 bits per heavy atom. The van der Waals surface area contributed by atoms with Gasteiger partial charge in [0.1, 0.15) is 0 Å². The molecule has 3 rings (SSSR count). The van der Waals surface area contributed by atoms with Crippen molar-refractivity contribution in [3.05, 3.63) is 18.5 Å². The zero-order valence-electron chi connectivity index (χ0n) is 11.5. The molecule has 2 aromatic rings. The summed E-state index contributed by atoms with van der Waals surface area (Å²) in [7, 11) is 0. The van der Waals surface area contributed by atoms with Gasteiger partial charge in [-0.25, -0.2) is 4.98 Å². The molecule has 0 spiro atoms. The van der Waals surface area contributed by atoms with Crippen molar-refractivity contribution in [3.8, 4) is 0 Å². The first kappa shape index (κ1) is 13.1. The second kappa shape index (κ2) is 4.86. The van der Waals surface area contributed by atoms with Crippen molar-refractivity contribution in [1.82, 2.24) is 15.2 Å². The Kier molecular flexibility index (Phi) is 3.17. The van der Waals surface area contributed by atoms with Crippen LogP contribution in [0.3, 0.4) is 0 Å². The van der Waals surface area contributed by atoms with E-state index in [0.29, 0.717) is 5.65 Å². The lowest BCUT2D eigenvalue weighted by Crippen LogP contribution is -2.40. The summed E-state index contributed by atoms with van der Waals surface area (Å²) in [6.45, 7) is 2.02. The number of nitrogens with zero attached hydrogens (tertiary/aromatic N) is 2. The van der Waals surface area contributed by atoms with E-state index in [1.54, 1.807) is 18.5 Å². The molecule has 0 atom stereocenters. The highest BCUT2D eigenvalue weighted by Crippen LogP contribution is 2.36. The number of amides is 1. The first-order valence-electron chi connectivity index (χ1n) is 6.94. The topological polar surface area (TPSA) is 96.7 Å². The molecule has 6 nitrogen and oxygen atoms in total. The molecule has 0 aliphatic heterocycles. The molecule has 6 heteroatoms. The van der Waals surface area contributed by atoms with Gasteiger partial charge in [-0.2, -0.15) is 5.10 Å². The van der Waals surface area contributed by atoms with E-state index in [4.69, 9.17) is 5.73 Å². The summed E-state index contributed by atoms with van der Waals surface area (Å²) in [6.07, 6.45) is 6.81. The highest BCUT2D eigenvalue weighted by atomic mass is 16.2. The van der Waals surface area contributed by atoms with Crippen LogP contribution in [0.5, 0.6) is 0 Å². The van der Waals surface area contributed by atoms with Gasteiger partial charge in [-0.1, -0.05) is 6.92 Å². The van der Waals surface area contributed by atoms with Gasteiger partial charge in [0.2, 0.25) is 5.91 Å². The second-order valence-electron chi connectivity index (χ2n) is 5.84. The van der Waals surface area contributed by atoms with Gasteiger partial charge in [0.05, 0.1) is 17.3 Å². The zero-order valence-corrected chi connectivity index (χ0v) is 11.5. The maximum atomic E-state index is 12.6. The van der Waals surface area contributed by atoms with E-state index in [1.165, 1.54) is 0 Å². The van der Waals surface area contributed by atoms with Gasteiger partial charge in [-0.15, -0.1) is 0 Å². The van der Waals surface area contributed by atoms with Gasteiger partial charge in [-0.3, -0.25) is 9.89 Å². The summed E-state index contributed by atoms with van der Waals surface area (Å²) in [5.74, 6) is 0.0538. The number of aromatic amines is 1. The number of carbonyl (C=O) groups excluding carboxylic acids is 1. The van der Waals surface area contributed by atoms with Crippen LogP contribution >= 0.6 is 0 Å². The summed E-state index contributed by atoms with van der Waals surface area (Å²) >= 11 is 0. The Labute approximate surface area is 117 Å². The molecule has 0 saturated heterocycles. The van der Waals surface area contributed by atoms with E-state index in [1.807, 2.05) is 6.92 Å². The fraction of sp³-hybridized carbons (Fsp3) is 0.500. The van der Waals surface area contributed by atoms with E-state index < -0.39 is 0 Å². The molecule has 1 amide bonds. The van der Waals surface area contributed by atoms with Crippen molar-refractivity contribution in [2.45, 2.75) is 38.6 Å². The summed E-state index contributed by atoms with van der Waals surface area (Å²) in [5.41, 5.74) is 7.01. The largest absolute Gasteiger partial charge is 0.328 e. The number of rotatable bonds is 2. The minimum Gasteiger partial charge on any atom is -0.328 e. The highest BCUT2D eigenvalue weighted by Gasteiger charge is 2.36. The van der Waals surface area contributed by atoms with Gasteiger partial charge in [0.15, 0.2) is 5.65 Å². The van der Waals surface area contributed by atoms with E-state index in [-0.39, 0.29) is 17.4 Å². The highest BCUT2D eigenvalue weighted by molar-refractivity contribution is 6.01. The van der Waals surface area contributed by atoms with Crippen LogP contribution in [-0.2, 0) is 4.79 Å².